The van der Waals surface area contributed by atoms with Crippen molar-refractivity contribution in [1.82, 2.24) is 10.2 Å². The second-order valence-corrected chi connectivity index (χ2v) is 9.14. The minimum atomic E-state index is -3.50. The molecule has 0 unspecified atom stereocenters. The van der Waals surface area contributed by atoms with Crippen LogP contribution in [0.2, 0.25) is 0 Å². The molecule has 1 saturated heterocycles. The van der Waals surface area contributed by atoms with E-state index < -0.39 is 14.6 Å². The van der Waals surface area contributed by atoms with E-state index in [9.17, 15) is 13.2 Å². The monoisotopic (exact) mass is 396 g/mol. The lowest BCUT2D eigenvalue weighted by molar-refractivity contribution is -0.134. The number of nitrogens with one attached hydrogen (secondary N) is 1. The topological polar surface area (TPSA) is 66.5 Å². The van der Waals surface area contributed by atoms with Gasteiger partial charge in [0.1, 0.15) is 0 Å². The number of hydrogen-bond donors (Lipinski definition) is 1. The molecule has 0 aromatic heterocycles. The SMILES string of the molecule is CN(Cc1cccc2ccccc12)C(=O)C1(S(C)(=O)=O)CCNCC1.Cl. The molecule has 142 valence electrons. The van der Waals surface area contributed by atoms with Crippen LogP contribution in [0.3, 0.4) is 0 Å². The molecule has 1 amide bonds. The van der Waals surface area contributed by atoms with Crippen molar-refractivity contribution in [2.24, 2.45) is 0 Å². The quantitative estimate of drug-likeness (QED) is 0.861. The first-order valence-corrected chi connectivity index (χ1v) is 10.4. The normalized spacial score (nSPS) is 16.7. The summed E-state index contributed by atoms with van der Waals surface area (Å²) >= 11 is 0. The summed E-state index contributed by atoms with van der Waals surface area (Å²) in [4.78, 5) is 14.7. The molecule has 2 aromatic rings. The van der Waals surface area contributed by atoms with Gasteiger partial charge < -0.3 is 10.2 Å². The van der Waals surface area contributed by atoms with E-state index in [1.807, 2.05) is 42.5 Å². The van der Waals surface area contributed by atoms with Gasteiger partial charge in [-0.2, -0.15) is 0 Å². The van der Waals surface area contributed by atoms with Crippen molar-refractivity contribution in [2.45, 2.75) is 24.1 Å². The van der Waals surface area contributed by atoms with Crippen molar-refractivity contribution >= 4 is 38.9 Å². The van der Waals surface area contributed by atoms with Crippen molar-refractivity contribution < 1.29 is 13.2 Å². The summed E-state index contributed by atoms with van der Waals surface area (Å²) in [5.41, 5.74) is 1.02. The third-order valence-corrected chi connectivity index (χ3v) is 7.15. The van der Waals surface area contributed by atoms with Crippen molar-refractivity contribution in [3.8, 4) is 0 Å². The fraction of sp³-hybridized carbons (Fsp3) is 0.421. The van der Waals surface area contributed by atoms with Crippen molar-refractivity contribution in [1.29, 1.82) is 0 Å². The third kappa shape index (κ3) is 3.72. The minimum absolute atomic E-state index is 0. The van der Waals surface area contributed by atoms with E-state index in [-0.39, 0.29) is 18.3 Å². The molecule has 1 N–H and O–H groups in total. The van der Waals surface area contributed by atoms with Crippen LogP contribution < -0.4 is 5.32 Å². The van der Waals surface area contributed by atoms with Gasteiger partial charge in [-0.25, -0.2) is 8.42 Å². The highest BCUT2D eigenvalue weighted by Gasteiger charge is 2.49. The molecule has 0 spiro atoms. The Bertz CT molecular complexity index is 887. The van der Waals surface area contributed by atoms with E-state index in [0.29, 0.717) is 32.5 Å². The maximum Gasteiger partial charge on any atom is 0.244 e. The van der Waals surface area contributed by atoms with Crippen LogP contribution in [0, 0.1) is 0 Å². The molecule has 3 rings (SSSR count). The Kier molecular flexibility index (Phi) is 6.32. The van der Waals surface area contributed by atoms with Gasteiger partial charge in [-0.05, 0) is 42.3 Å². The van der Waals surface area contributed by atoms with Crippen LogP contribution in [0.25, 0.3) is 10.8 Å². The highest BCUT2D eigenvalue weighted by Crippen LogP contribution is 2.31. The Balaban J connectivity index is 0.00000243. The number of carbonyl (C=O) groups excluding carboxylic acids is 1. The molecule has 1 heterocycles. The Morgan fingerprint density at radius 3 is 2.38 bits per heavy atom. The number of carbonyl (C=O) groups is 1. The van der Waals surface area contributed by atoms with Gasteiger partial charge in [0.2, 0.25) is 5.91 Å². The highest BCUT2D eigenvalue weighted by molar-refractivity contribution is 7.92. The molecule has 0 radical (unpaired) electrons. The standard InChI is InChI=1S/C19H24N2O3S.ClH/c1-21(14-16-8-5-7-15-6-3-4-9-17(15)16)18(22)19(25(2,23)24)10-12-20-13-11-19;/h3-9,20H,10-14H2,1-2H3;1H. The number of benzene rings is 2. The van der Waals surface area contributed by atoms with Gasteiger partial charge in [-0.15, -0.1) is 12.4 Å². The first kappa shape index (κ1) is 20.7. The van der Waals surface area contributed by atoms with Crippen LogP contribution in [0.1, 0.15) is 18.4 Å². The molecule has 7 heteroatoms. The molecule has 1 aliphatic rings. The van der Waals surface area contributed by atoms with Crippen molar-refractivity contribution in [2.75, 3.05) is 26.4 Å². The van der Waals surface area contributed by atoms with E-state index in [1.54, 1.807) is 11.9 Å². The summed E-state index contributed by atoms with van der Waals surface area (Å²) in [5, 5.41) is 5.34. The second kappa shape index (κ2) is 7.94. The lowest BCUT2D eigenvalue weighted by Gasteiger charge is -2.37. The Morgan fingerprint density at radius 1 is 1.12 bits per heavy atom. The molecular weight excluding hydrogens is 372 g/mol. The molecular formula is C19H25ClN2O3S. The molecule has 0 saturated carbocycles. The van der Waals surface area contributed by atoms with Crippen LogP contribution in [0.5, 0.6) is 0 Å². The summed E-state index contributed by atoms with van der Waals surface area (Å²) in [6.07, 6.45) is 1.83. The van der Waals surface area contributed by atoms with Crippen LogP contribution in [-0.4, -0.2) is 50.4 Å². The average Bonchev–Trinajstić information content (AvgIpc) is 2.61. The zero-order chi connectivity index (χ0) is 18.1. The zero-order valence-corrected chi connectivity index (χ0v) is 16.7. The summed E-state index contributed by atoms with van der Waals surface area (Å²) in [6.45, 7) is 1.48. The molecule has 26 heavy (non-hydrogen) atoms. The number of rotatable bonds is 4. The zero-order valence-electron chi connectivity index (χ0n) is 15.1. The minimum Gasteiger partial charge on any atom is -0.340 e. The predicted molar refractivity (Wildman–Crippen MR) is 107 cm³/mol. The lowest BCUT2D eigenvalue weighted by atomic mass is 9.95. The molecule has 5 nitrogen and oxygen atoms in total. The molecule has 1 aliphatic heterocycles. The number of amides is 1. The van der Waals surface area contributed by atoms with Crippen LogP contribution in [0.15, 0.2) is 42.5 Å². The fourth-order valence-corrected chi connectivity index (χ4v) is 5.10. The maximum atomic E-state index is 13.1. The smallest absolute Gasteiger partial charge is 0.244 e. The number of nitrogens with zero attached hydrogens (tertiary/aromatic N) is 1. The van der Waals surface area contributed by atoms with Gasteiger partial charge in [0, 0.05) is 19.8 Å². The first-order valence-electron chi connectivity index (χ1n) is 8.48. The number of piperidine rings is 1. The lowest BCUT2D eigenvalue weighted by Crippen LogP contribution is -2.57. The maximum absolute atomic E-state index is 13.1. The predicted octanol–water partition coefficient (Wildman–Crippen LogP) is 2.39. The van der Waals surface area contributed by atoms with E-state index in [2.05, 4.69) is 5.32 Å². The first-order chi connectivity index (χ1) is 11.8. The van der Waals surface area contributed by atoms with E-state index >= 15 is 0 Å². The van der Waals surface area contributed by atoms with E-state index in [4.69, 9.17) is 0 Å². The van der Waals surface area contributed by atoms with Crippen LogP contribution in [-0.2, 0) is 21.2 Å². The highest BCUT2D eigenvalue weighted by atomic mass is 35.5. The van der Waals surface area contributed by atoms with Crippen LogP contribution in [0.4, 0.5) is 0 Å². The van der Waals surface area contributed by atoms with E-state index in [0.717, 1.165) is 16.3 Å². The Morgan fingerprint density at radius 2 is 1.73 bits per heavy atom. The van der Waals surface area contributed by atoms with Gasteiger partial charge in [-0.3, -0.25) is 4.79 Å². The fourth-order valence-electron chi connectivity index (χ4n) is 3.68. The van der Waals surface area contributed by atoms with Gasteiger partial charge >= 0.3 is 0 Å². The summed E-state index contributed by atoms with van der Waals surface area (Å²) in [5.74, 6) is -0.301. The molecule has 0 bridgehead atoms. The number of hydrogen-bond acceptors (Lipinski definition) is 4. The summed E-state index contributed by atoms with van der Waals surface area (Å²) in [6, 6.07) is 14.0. The van der Waals surface area contributed by atoms with Crippen molar-refractivity contribution in [3.05, 3.63) is 48.0 Å². The summed E-state index contributed by atoms with van der Waals surface area (Å²) < 4.78 is 23.6. The number of sulfone groups is 1. The molecule has 1 fully saturated rings. The van der Waals surface area contributed by atoms with Gasteiger partial charge in [0.15, 0.2) is 14.6 Å². The van der Waals surface area contributed by atoms with Gasteiger partial charge in [-0.1, -0.05) is 42.5 Å². The molecule has 0 atom stereocenters. The average molecular weight is 397 g/mol. The second-order valence-electron chi connectivity index (χ2n) is 6.82. The Hall–Kier alpha value is -1.63. The van der Waals surface area contributed by atoms with Crippen LogP contribution >= 0.6 is 12.4 Å². The largest absolute Gasteiger partial charge is 0.340 e. The molecule has 0 aliphatic carbocycles. The van der Waals surface area contributed by atoms with Gasteiger partial charge in [0.05, 0.1) is 0 Å². The third-order valence-electron chi connectivity index (χ3n) is 5.14. The number of halogens is 1. The Labute approximate surface area is 161 Å². The molecule has 2 aromatic carbocycles. The van der Waals surface area contributed by atoms with E-state index in [1.165, 1.54) is 6.26 Å². The summed E-state index contributed by atoms with van der Waals surface area (Å²) in [7, 11) is -1.80. The number of fused-ring (bicyclic) bond motifs is 1. The van der Waals surface area contributed by atoms with Gasteiger partial charge in [0.25, 0.3) is 0 Å². The van der Waals surface area contributed by atoms with Crippen molar-refractivity contribution in [3.63, 3.8) is 0 Å².